The second-order valence-corrected chi connectivity index (χ2v) is 7.01. The molecule has 0 amide bonds. The van der Waals surface area contributed by atoms with Crippen molar-refractivity contribution in [3.8, 4) is 0 Å². The van der Waals surface area contributed by atoms with Crippen molar-refractivity contribution in [2.24, 2.45) is 5.73 Å². The van der Waals surface area contributed by atoms with Crippen LogP contribution in [-0.4, -0.2) is 67.2 Å². The summed E-state index contributed by atoms with van der Waals surface area (Å²) in [5.41, 5.74) is 5.15. The van der Waals surface area contributed by atoms with E-state index >= 15 is 0 Å². The second kappa shape index (κ2) is 7.07. The third-order valence-corrected chi connectivity index (χ3v) is 5.30. The van der Waals surface area contributed by atoms with E-state index in [0.29, 0.717) is 6.42 Å². The summed E-state index contributed by atoms with van der Waals surface area (Å²) < 4.78 is 4.74. The molecule has 0 aliphatic carbocycles. The molecule has 3 unspecified atom stereocenters. The number of hydrogen-bond donors (Lipinski definition) is 1. The van der Waals surface area contributed by atoms with Gasteiger partial charge in [-0.3, -0.25) is 9.69 Å². The maximum Gasteiger partial charge on any atom is 0.325 e. The lowest BCUT2D eigenvalue weighted by Gasteiger charge is -2.26. The van der Waals surface area contributed by atoms with Crippen LogP contribution in [-0.2, 0) is 9.53 Å². The Morgan fingerprint density at radius 1 is 1.29 bits per heavy atom. The second-order valence-electron chi connectivity index (χ2n) is 7.01. The largest absolute Gasteiger partial charge is 0.468 e. The van der Waals surface area contributed by atoms with Crippen LogP contribution >= 0.6 is 0 Å². The Bertz CT molecular complexity index is 359. The minimum atomic E-state index is -0.840. The first-order valence-electron chi connectivity index (χ1n) is 8.25. The predicted molar refractivity (Wildman–Crippen MR) is 84.1 cm³/mol. The molecule has 3 atom stereocenters. The average molecular weight is 297 g/mol. The highest BCUT2D eigenvalue weighted by atomic mass is 16.5. The van der Waals surface area contributed by atoms with E-state index in [0.717, 1.165) is 31.5 Å². The highest BCUT2D eigenvalue weighted by Crippen LogP contribution is 2.28. The van der Waals surface area contributed by atoms with E-state index in [2.05, 4.69) is 16.8 Å². The molecule has 2 aliphatic rings. The number of rotatable bonds is 6. The Morgan fingerprint density at radius 2 is 2.00 bits per heavy atom. The molecule has 2 bridgehead atoms. The van der Waals surface area contributed by atoms with Gasteiger partial charge in [0.15, 0.2) is 0 Å². The van der Waals surface area contributed by atoms with E-state index in [9.17, 15) is 4.79 Å². The highest BCUT2D eigenvalue weighted by molar-refractivity contribution is 5.79. The van der Waals surface area contributed by atoms with Gasteiger partial charge in [0.2, 0.25) is 0 Å². The number of fused-ring (bicyclic) bond motifs is 2. The van der Waals surface area contributed by atoms with Gasteiger partial charge in [-0.2, -0.15) is 0 Å². The molecule has 0 radical (unpaired) electrons. The van der Waals surface area contributed by atoms with Crippen LogP contribution in [0.4, 0.5) is 0 Å². The number of nitrogens with zero attached hydrogens (tertiary/aromatic N) is 2. The molecule has 21 heavy (non-hydrogen) atoms. The number of likely N-dealkylation sites (tertiary alicyclic amines) is 1. The molecular weight excluding hydrogens is 266 g/mol. The molecule has 2 fully saturated rings. The van der Waals surface area contributed by atoms with Crippen molar-refractivity contribution in [3.05, 3.63) is 0 Å². The van der Waals surface area contributed by atoms with E-state index in [1.165, 1.54) is 39.5 Å². The number of methoxy groups -OCH3 is 1. The lowest BCUT2D eigenvalue weighted by Crippen LogP contribution is -2.45. The molecule has 122 valence electrons. The fourth-order valence-corrected chi connectivity index (χ4v) is 3.75. The van der Waals surface area contributed by atoms with Crippen molar-refractivity contribution >= 4 is 5.97 Å². The van der Waals surface area contributed by atoms with Gasteiger partial charge < -0.3 is 15.4 Å². The van der Waals surface area contributed by atoms with Crippen LogP contribution in [0, 0.1) is 0 Å². The Hall–Kier alpha value is -0.650. The maximum absolute atomic E-state index is 11.5. The monoisotopic (exact) mass is 297 g/mol. The van der Waals surface area contributed by atoms with E-state index in [1.54, 1.807) is 6.92 Å². The fourth-order valence-electron chi connectivity index (χ4n) is 3.75. The number of nitrogens with two attached hydrogens (primary N) is 1. The molecule has 0 aromatic carbocycles. The smallest absolute Gasteiger partial charge is 0.325 e. The van der Waals surface area contributed by atoms with E-state index < -0.39 is 5.54 Å². The first-order chi connectivity index (χ1) is 9.94. The standard InChI is InChI=1S/C16H31N3O2/c1-16(17,15(20)21-3)9-4-5-10-19-11-8-13-6-7-14(12-19)18(13)2/h13-14H,4-12,17H2,1-3H3. The zero-order valence-electron chi connectivity index (χ0n) is 13.8. The van der Waals surface area contributed by atoms with E-state index in [-0.39, 0.29) is 5.97 Å². The summed E-state index contributed by atoms with van der Waals surface area (Å²) in [4.78, 5) is 16.7. The SMILES string of the molecule is COC(=O)C(C)(N)CCCCN1CCC2CCC(C1)N2C. The van der Waals surface area contributed by atoms with E-state index in [1.807, 2.05) is 0 Å². The number of carbonyl (C=O) groups excluding carboxylic acids is 1. The van der Waals surface area contributed by atoms with Crippen LogP contribution in [0.5, 0.6) is 0 Å². The predicted octanol–water partition coefficient (Wildman–Crippen LogP) is 1.22. The summed E-state index contributed by atoms with van der Waals surface area (Å²) in [6, 6.07) is 1.54. The molecule has 5 heteroatoms. The number of esters is 1. The quantitative estimate of drug-likeness (QED) is 0.590. The van der Waals surface area contributed by atoms with Crippen LogP contribution in [0.15, 0.2) is 0 Å². The number of hydrogen-bond acceptors (Lipinski definition) is 5. The van der Waals surface area contributed by atoms with Crippen molar-refractivity contribution in [1.29, 1.82) is 0 Å². The van der Waals surface area contributed by atoms with Gasteiger partial charge in [-0.05, 0) is 65.6 Å². The number of ether oxygens (including phenoxy) is 1. The zero-order chi connectivity index (χ0) is 15.5. The average Bonchev–Trinajstić information content (AvgIpc) is 2.69. The van der Waals surface area contributed by atoms with Crippen molar-refractivity contribution in [2.45, 2.75) is 63.1 Å². The number of carbonyl (C=O) groups is 1. The van der Waals surface area contributed by atoms with Crippen molar-refractivity contribution in [1.82, 2.24) is 9.80 Å². The van der Waals surface area contributed by atoms with Gasteiger partial charge in [0.1, 0.15) is 5.54 Å². The lowest BCUT2D eigenvalue weighted by atomic mass is 9.96. The molecule has 0 aromatic heterocycles. The molecule has 2 rings (SSSR count). The van der Waals surface area contributed by atoms with E-state index in [4.69, 9.17) is 10.5 Å². The third kappa shape index (κ3) is 4.18. The summed E-state index contributed by atoms with van der Waals surface area (Å²) >= 11 is 0. The number of likely N-dealkylation sites (N-methyl/N-ethyl adjacent to an activating group) is 1. The zero-order valence-corrected chi connectivity index (χ0v) is 13.8. The molecule has 2 aliphatic heterocycles. The van der Waals surface area contributed by atoms with Crippen LogP contribution < -0.4 is 5.73 Å². The van der Waals surface area contributed by atoms with Crippen molar-refractivity contribution in [3.63, 3.8) is 0 Å². The molecule has 5 nitrogen and oxygen atoms in total. The normalized spacial score (nSPS) is 29.9. The minimum Gasteiger partial charge on any atom is -0.468 e. The molecule has 2 saturated heterocycles. The fraction of sp³-hybridized carbons (Fsp3) is 0.938. The topological polar surface area (TPSA) is 58.8 Å². The Labute approximate surface area is 128 Å². The highest BCUT2D eigenvalue weighted by Gasteiger charge is 2.34. The van der Waals surface area contributed by atoms with Gasteiger partial charge in [-0.1, -0.05) is 0 Å². The molecule has 2 heterocycles. The summed E-state index contributed by atoms with van der Waals surface area (Å²) in [5.74, 6) is -0.309. The van der Waals surface area contributed by atoms with Gasteiger partial charge in [0.05, 0.1) is 7.11 Å². The third-order valence-electron chi connectivity index (χ3n) is 5.30. The minimum absolute atomic E-state index is 0.309. The number of unbranched alkanes of at least 4 members (excludes halogenated alkanes) is 1. The molecule has 0 spiro atoms. The molecule has 0 saturated carbocycles. The maximum atomic E-state index is 11.5. The summed E-state index contributed by atoms with van der Waals surface area (Å²) in [7, 11) is 3.68. The van der Waals surface area contributed by atoms with Crippen molar-refractivity contribution < 1.29 is 9.53 Å². The lowest BCUT2D eigenvalue weighted by molar-refractivity contribution is -0.146. The van der Waals surface area contributed by atoms with Gasteiger partial charge in [-0.25, -0.2) is 0 Å². The van der Waals surface area contributed by atoms with Crippen LogP contribution in [0.25, 0.3) is 0 Å². The first-order valence-corrected chi connectivity index (χ1v) is 8.25. The van der Waals surface area contributed by atoms with Gasteiger partial charge >= 0.3 is 5.97 Å². The van der Waals surface area contributed by atoms with Crippen LogP contribution in [0.2, 0.25) is 0 Å². The Kier molecular flexibility index (Phi) is 5.63. The van der Waals surface area contributed by atoms with Gasteiger partial charge in [0, 0.05) is 18.6 Å². The molecular formula is C16H31N3O2. The summed E-state index contributed by atoms with van der Waals surface area (Å²) in [6.07, 6.45) is 6.79. The van der Waals surface area contributed by atoms with Gasteiger partial charge in [0.25, 0.3) is 0 Å². The first kappa shape index (κ1) is 16.7. The Balaban J connectivity index is 1.68. The van der Waals surface area contributed by atoms with Crippen LogP contribution in [0.3, 0.4) is 0 Å². The molecule has 0 aromatic rings. The van der Waals surface area contributed by atoms with Crippen LogP contribution in [0.1, 0.15) is 45.4 Å². The molecule has 2 N–H and O–H groups in total. The Morgan fingerprint density at radius 3 is 2.71 bits per heavy atom. The van der Waals surface area contributed by atoms with Gasteiger partial charge in [-0.15, -0.1) is 0 Å². The summed E-state index contributed by atoms with van der Waals surface area (Å²) in [5, 5.41) is 0. The summed E-state index contributed by atoms with van der Waals surface area (Å²) in [6.45, 7) is 5.29. The van der Waals surface area contributed by atoms with Crippen molar-refractivity contribution in [2.75, 3.05) is 33.8 Å².